The SMILES string of the molecule is Cc1ccc([C@H](C)NC(=O)CN(c2cccc(C)c2)S(=O)(=O)c2ccccc2)cc1. The van der Waals surface area contributed by atoms with E-state index in [0.29, 0.717) is 5.69 Å². The molecule has 0 radical (unpaired) electrons. The number of nitrogens with one attached hydrogen (secondary N) is 1. The topological polar surface area (TPSA) is 66.5 Å². The molecule has 0 heterocycles. The van der Waals surface area contributed by atoms with Crippen molar-refractivity contribution in [1.82, 2.24) is 5.32 Å². The molecule has 3 rings (SSSR count). The van der Waals surface area contributed by atoms with Gasteiger partial charge in [-0.05, 0) is 56.2 Å². The lowest BCUT2D eigenvalue weighted by atomic mass is 10.1. The molecule has 0 spiro atoms. The number of nitrogens with zero attached hydrogens (tertiary/aromatic N) is 1. The number of hydrogen-bond donors (Lipinski definition) is 1. The highest BCUT2D eigenvalue weighted by Crippen LogP contribution is 2.24. The van der Waals surface area contributed by atoms with Gasteiger partial charge in [0.15, 0.2) is 0 Å². The van der Waals surface area contributed by atoms with Crippen molar-refractivity contribution in [3.05, 3.63) is 95.6 Å². The molecule has 0 aromatic heterocycles. The molecule has 0 aliphatic heterocycles. The van der Waals surface area contributed by atoms with Crippen LogP contribution in [0.15, 0.2) is 83.8 Å². The highest BCUT2D eigenvalue weighted by Gasteiger charge is 2.27. The van der Waals surface area contributed by atoms with Crippen LogP contribution in [-0.4, -0.2) is 20.9 Å². The molecule has 156 valence electrons. The van der Waals surface area contributed by atoms with Gasteiger partial charge in [-0.25, -0.2) is 8.42 Å². The molecular weight excluding hydrogens is 396 g/mol. The maximum atomic E-state index is 13.3. The van der Waals surface area contributed by atoms with E-state index in [1.54, 1.807) is 36.4 Å². The molecule has 0 bridgehead atoms. The van der Waals surface area contributed by atoms with Crippen LogP contribution < -0.4 is 9.62 Å². The van der Waals surface area contributed by atoms with Gasteiger partial charge in [0, 0.05) is 0 Å². The Morgan fingerprint density at radius 2 is 1.57 bits per heavy atom. The minimum absolute atomic E-state index is 0.144. The number of carbonyl (C=O) groups is 1. The van der Waals surface area contributed by atoms with Gasteiger partial charge in [0.1, 0.15) is 6.54 Å². The van der Waals surface area contributed by atoms with Crippen molar-refractivity contribution in [3.8, 4) is 0 Å². The van der Waals surface area contributed by atoms with Gasteiger partial charge in [-0.1, -0.05) is 60.2 Å². The molecule has 0 aliphatic carbocycles. The van der Waals surface area contributed by atoms with Gasteiger partial charge in [0.25, 0.3) is 10.0 Å². The van der Waals surface area contributed by atoms with E-state index in [1.165, 1.54) is 12.1 Å². The number of carbonyl (C=O) groups excluding carboxylic acids is 1. The molecule has 0 aliphatic rings. The Bertz CT molecular complexity index is 1110. The summed E-state index contributed by atoms with van der Waals surface area (Å²) >= 11 is 0. The summed E-state index contributed by atoms with van der Waals surface area (Å²) in [5.74, 6) is -0.371. The maximum absolute atomic E-state index is 13.3. The Morgan fingerprint density at radius 3 is 2.20 bits per heavy atom. The van der Waals surface area contributed by atoms with E-state index in [1.807, 2.05) is 51.1 Å². The van der Waals surface area contributed by atoms with Gasteiger partial charge >= 0.3 is 0 Å². The average Bonchev–Trinajstić information content (AvgIpc) is 2.73. The van der Waals surface area contributed by atoms with Crippen molar-refractivity contribution in [2.45, 2.75) is 31.7 Å². The van der Waals surface area contributed by atoms with Crippen LogP contribution in [0.5, 0.6) is 0 Å². The Morgan fingerprint density at radius 1 is 0.900 bits per heavy atom. The second-order valence-electron chi connectivity index (χ2n) is 7.36. The Balaban J connectivity index is 1.87. The van der Waals surface area contributed by atoms with Gasteiger partial charge in [-0.15, -0.1) is 0 Å². The Kier molecular flexibility index (Phi) is 6.57. The molecule has 3 aromatic carbocycles. The summed E-state index contributed by atoms with van der Waals surface area (Å²) in [5.41, 5.74) is 3.46. The van der Waals surface area contributed by atoms with Crippen molar-refractivity contribution in [2.75, 3.05) is 10.8 Å². The van der Waals surface area contributed by atoms with Crippen LogP contribution in [0, 0.1) is 13.8 Å². The molecule has 1 atom stereocenters. The summed E-state index contributed by atoms with van der Waals surface area (Å²) in [6.07, 6.45) is 0. The highest BCUT2D eigenvalue weighted by molar-refractivity contribution is 7.92. The lowest BCUT2D eigenvalue weighted by Crippen LogP contribution is -2.41. The molecule has 1 amide bonds. The minimum Gasteiger partial charge on any atom is -0.348 e. The summed E-state index contributed by atoms with van der Waals surface area (Å²) < 4.78 is 27.8. The van der Waals surface area contributed by atoms with Crippen LogP contribution in [0.3, 0.4) is 0 Å². The summed E-state index contributed by atoms with van der Waals surface area (Å²) in [7, 11) is -3.90. The van der Waals surface area contributed by atoms with Crippen LogP contribution in [0.1, 0.15) is 29.7 Å². The Labute approximate surface area is 178 Å². The number of sulfonamides is 1. The van der Waals surface area contributed by atoms with E-state index in [4.69, 9.17) is 0 Å². The van der Waals surface area contributed by atoms with Crippen LogP contribution in [0.25, 0.3) is 0 Å². The zero-order chi connectivity index (χ0) is 21.7. The van der Waals surface area contributed by atoms with Crippen LogP contribution in [0.4, 0.5) is 5.69 Å². The monoisotopic (exact) mass is 422 g/mol. The predicted octanol–water partition coefficient (Wildman–Crippen LogP) is 4.38. The van der Waals surface area contributed by atoms with Gasteiger partial charge in [-0.2, -0.15) is 0 Å². The molecule has 3 aromatic rings. The standard InChI is InChI=1S/C24H26N2O3S/c1-18-12-14-21(15-13-18)20(3)25-24(27)17-26(22-9-7-8-19(2)16-22)30(28,29)23-10-5-4-6-11-23/h4-16,20H,17H2,1-3H3,(H,25,27)/t20-/m0/s1. The van der Waals surface area contributed by atoms with E-state index in [2.05, 4.69) is 5.32 Å². The van der Waals surface area contributed by atoms with Gasteiger partial charge in [0.05, 0.1) is 16.6 Å². The summed E-state index contributed by atoms with van der Waals surface area (Å²) in [6.45, 7) is 5.46. The van der Waals surface area contributed by atoms with E-state index in [9.17, 15) is 13.2 Å². The van der Waals surface area contributed by atoms with E-state index in [-0.39, 0.29) is 23.4 Å². The van der Waals surface area contributed by atoms with Gasteiger partial charge in [0.2, 0.25) is 5.91 Å². The minimum atomic E-state index is -3.90. The number of benzene rings is 3. The first kappa shape index (κ1) is 21.6. The highest BCUT2D eigenvalue weighted by atomic mass is 32.2. The van der Waals surface area contributed by atoms with E-state index >= 15 is 0 Å². The van der Waals surface area contributed by atoms with Gasteiger partial charge < -0.3 is 5.32 Å². The van der Waals surface area contributed by atoms with Crippen LogP contribution in [0.2, 0.25) is 0 Å². The fourth-order valence-corrected chi connectivity index (χ4v) is 4.61. The van der Waals surface area contributed by atoms with E-state index < -0.39 is 10.0 Å². The van der Waals surface area contributed by atoms with Crippen molar-refractivity contribution in [1.29, 1.82) is 0 Å². The number of anilines is 1. The first-order chi connectivity index (χ1) is 14.3. The third kappa shape index (κ3) is 5.07. The fourth-order valence-electron chi connectivity index (χ4n) is 3.17. The fraction of sp³-hybridized carbons (Fsp3) is 0.208. The number of hydrogen-bond acceptors (Lipinski definition) is 3. The first-order valence-electron chi connectivity index (χ1n) is 9.78. The smallest absolute Gasteiger partial charge is 0.264 e. The summed E-state index contributed by atoms with van der Waals surface area (Å²) in [6, 6.07) is 22.9. The lowest BCUT2D eigenvalue weighted by molar-refractivity contribution is -0.120. The van der Waals surface area contributed by atoms with E-state index in [0.717, 1.165) is 21.0 Å². The normalized spacial score (nSPS) is 12.2. The lowest BCUT2D eigenvalue weighted by Gasteiger charge is -2.25. The van der Waals surface area contributed by atoms with Crippen LogP contribution in [-0.2, 0) is 14.8 Å². The number of amides is 1. The average molecular weight is 423 g/mol. The van der Waals surface area contributed by atoms with Crippen molar-refractivity contribution in [3.63, 3.8) is 0 Å². The van der Waals surface area contributed by atoms with Crippen molar-refractivity contribution < 1.29 is 13.2 Å². The third-order valence-electron chi connectivity index (χ3n) is 4.86. The zero-order valence-electron chi connectivity index (χ0n) is 17.4. The first-order valence-corrected chi connectivity index (χ1v) is 11.2. The zero-order valence-corrected chi connectivity index (χ0v) is 18.2. The second kappa shape index (κ2) is 9.13. The van der Waals surface area contributed by atoms with Crippen molar-refractivity contribution in [2.24, 2.45) is 0 Å². The number of rotatable bonds is 7. The quantitative estimate of drug-likeness (QED) is 0.615. The molecule has 30 heavy (non-hydrogen) atoms. The largest absolute Gasteiger partial charge is 0.348 e. The second-order valence-corrected chi connectivity index (χ2v) is 9.23. The third-order valence-corrected chi connectivity index (χ3v) is 6.65. The van der Waals surface area contributed by atoms with Gasteiger partial charge in [-0.3, -0.25) is 9.10 Å². The molecule has 0 fully saturated rings. The molecule has 0 unspecified atom stereocenters. The molecule has 0 saturated carbocycles. The molecule has 1 N–H and O–H groups in total. The predicted molar refractivity (Wildman–Crippen MR) is 120 cm³/mol. The molecule has 6 heteroatoms. The summed E-state index contributed by atoms with van der Waals surface area (Å²) in [5, 5.41) is 2.91. The van der Waals surface area contributed by atoms with Crippen LogP contribution >= 0.6 is 0 Å². The Hall–Kier alpha value is -3.12. The van der Waals surface area contributed by atoms with Crippen molar-refractivity contribution >= 4 is 21.6 Å². The molecule has 5 nitrogen and oxygen atoms in total. The maximum Gasteiger partial charge on any atom is 0.264 e. The molecule has 0 saturated heterocycles. The summed E-state index contributed by atoms with van der Waals surface area (Å²) in [4.78, 5) is 13.0. The molecular formula is C24H26N2O3S. The number of aryl methyl sites for hydroxylation is 2.